The molecular weight excluding hydrogens is 1040 g/mol. The summed E-state index contributed by atoms with van der Waals surface area (Å²) < 4.78 is 0. The highest BCUT2D eigenvalue weighted by Crippen LogP contribution is 2.54. The zero-order valence-electron chi connectivity index (χ0n) is 29.1. The summed E-state index contributed by atoms with van der Waals surface area (Å²) >= 11 is 107. The van der Waals surface area contributed by atoms with Gasteiger partial charge in [0.1, 0.15) is 0 Å². The van der Waals surface area contributed by atoms with E-state index in [9.17, 15) is 0 Å². The summed E-state index contributed by atoms with van der Waals surface area (Å²) in [5.74, 6) is -2.12. The molecule has 4 aliphatic carbocycles. The van der Waals surface area contributed by atoms with E-state index >= 15 is 0 Å². The van der Waals surface area contributed by atoms with Gasteiger partial charge in [-0.05, 0) is 5.92 Å². The highest BCUT2D eigenvalue weighted by Gasteiger charge is 2.66. The summed E-state index contributed by atoms with van der Waals surface area (Å²) in [5, 5.41) is 22.7. The third kappa shape index (κ3) is 7.01. The highest BCUT2D eigenvalue weighted by atomic mass is 35.5. The molecule has 0 radical (unpaired) electrons. The molecule has 8 nitrogen and oxygen atoms in total. The minimum absolute atomic E-state index is 0.0906. The molecule has 5 saturated heterocycles. The fourth-order valence-corrected chi connectivity index (χ4v) is 18.6. The Morgan fingerprint density at radius 1 is 0.196 bits per heavy atom. The Kier molecular flexibility index (Phi) is 13.7. The molecule has 9 aliphatic rings. The minimum atomic E-state index is -0.609. The lowest BCUT2D eigenvalue weighted by Gasteiger charge is -2.46. The van der Waals surface area contributed by atoms with E-state index in [1.165, 1.54) is 0 Å². The molecule has 5 aliphatic heterocycles. The average Bonchev–Trinajstić information content (AvgIpc) is 3.92. The molecule has 23 heteroatoms. The van der Waals surface area contributed by atoms with Crippen molar-refractivity contribution in [1.29, 1.82) is 0 Å². The Bertz CT molecular complexity index is 1170. The second-order valence-electron chi connectivity index (χ2n) is 17.3. The Labute approximate surface area is 402 Å². The number of hydrogen-bond donors (Lipinski definition) is 8. The summed E-state index contributed by atoms with van der Waals surface area (Å²) in [5.41, 5.74) is 0. The third-order valence-electron chi connectivity index (χ3n) is 14.7. The average molecular weight is 1080 g/mol. The molecule has 5 heterocycles. The molecule has 0 amide bonds. The van der Waals surface area contributed by atoms with Crippen LogP contribution in [-0.2, 0) is 0 Å². The first-order chi connectivity index (χ1) is 26.4. The van der Waals surface area contributed by atoms with Gasteiger partial charge in [0.05, 0.1) is 125 Å². The monoisotopic (exact) mass is 1080 g/mol. The van der Waals surface area contributed by atoms with Gasteiger partial charge in [-0.2, -0.15) is 0 Å². The molecule has 32 unspecified atom stereocenters. The summed E-state index contributed by atoms with van der Waals surface area (Å²) in [7, 11) is 0. The van der Waals surface area contributed by atoms with E-state index in [2.05, 4.69) is 42.5 Å². The van der Waals surface area contributed by atoms with E-state index < -0.39 is 107 Å². The van der Waals surface area contributed by atoms with E-state index in [1.54, 1.807) is 0 Å². The number of nitrogens with one attached hydrogen (secondary N) is 8. The Morgan fingerprint density at radius 2 is 0.339 bits per heavy atom. The maximum Gasteiger partial charge on any atom is 0.0681 e. The SMILES string of the molecule is CC1C(Cl)C(Cl)C2C3NC(NC4NC(NC5NC(NC6NC(N3)C3C(Cl)C(Cl)C(Cl)C(Cl)C63)C3C(Cl)C(Cl)C(Cl)C(Cl)C53)C3C(Cl)C(Cl)C(Cl)C(Cl)C43)C2C1Cl. The van der Waals surface area contributed by atoms with Gasteiger partial charge in [-0.15, -0.1) is 174 Å². The molecule has 4 saturated carbocycles. The van der Waals surface area contributed by atoms with Crippen molar-refractivity contribution >= 4 is 174 Å². The van der Waals surface area contributed by atoms with Gasteiger partial charge in [-0.25, -0.2) is 0 Å². The second kappa shape index (κ2) is 17.0. The van der Waals surface area contributed by atoms with Crippen molar-refractivity contribution in [2.45, 2.75) is 137 Å². The van der Waals surface area contributed by atoms with Crippen LogP contribution in [0.3, 0.4) is 0 Å². The van der Waals surface area contributed by atoms with Crippen molar-refractivity contribution in [2.24, 2.45) is 53.3 Å². The molecule has 32 atom stereocenters. The van der Waals surface area contributed by atoms with Crippen LogP contribution in [0.2, 0.25) is 0 Å². The predicted octanol–water partition coefficient (Wildman–Crippen LogP) is 6.11. The first kappa shape index (κ1) is 45.2. The Morgan fingerprint density at radius 3 is 0.518 bits per heavy atom. The van der Waals surface area contributed by atoms with Crippen molar-refractivity contribution in [3.05, 3.63) is 0 Å². The van der Waals surface area contributed by atoms with Gasteiger partial charge in [0.25, 0.3) is 0 Å². The first-order valence-electron chi connectivity index (χ1n) is 19.1. The zero-order chi connectivity index (χ0) is 40.1. The molecule has 9 fully saturated rings. The molecule has 9 rings (SSSR count). The lowest BCUT2D eigenvalue weighted by Crippen LogP contribution is -2.62. The lowest BCUT2D eigenvalue weighted by atomic mass is 9.72. The number of halogens is 15. The second-order valence-corrected chi connectivity index (χ2v) is 24.9. The van der Waals surface area contributed by atoms with Crippen LogP contribution in [0.4, 0.5) is 0 Å². The summed E-state index contributed by atoms with van der Waals surface area (Å²) in [6.07, 6.45) is -3.20. The topological polar surface area (TPSA) is 96.2 Å². The van der Waals surface area contributed by atoms with E-state index in [4.69, 9.17) is 174 Å². The van der Waals surface area contributed by atoms with Crippen LogP contribution in [0.15, 0.2) is 0 Å². The number of hydrogen-bond acceptors (Lipinski definition) is 8. The van der Waals surface area contributed by atoms with Crippen LogP contribution in [-0.4, -0.2) is 130 Å². The molecule has 0 aromatic rings. The maximum atomic E-state index is 7.38. The van der Waals surface area contributed by atoms with E-state index in [0.717, 1.165) is 0 Å². The van der Waals surface area contributed by atoms with Crippen molar-refractivity contribution in [3.63, 3.8) is 0 Å². The van der Waals surface area contributed by atoms with Gasteiger partial charge < -0.3 is 0 Å². The van der Waals surface area contributed by atoms with Crippen molar-refractivity contribution in [3.8, 4) is 0 Å². The van der Waals surface area contributed by atoms with Crippen LogP contribution in [0, 0.1) is 53.3 Å². The first-order valence-corrected chi connectivity index (χ1v) is 25.7. The molecule has 8 N–H and O–H groups in total. The predicted molar refractivity (Wildman–Crippen MR) is 237 cm³/mol. The maximum absolute atomic E-state index is 7.38. The number of fused-ring (bicyclic) bond motifs is 20. The van der Waals surface area contributed by atoms with E-state index in [0.29, 0.717) is 0 Å². The van der Waals surface area contributed by atoms with Crippen LogP contribution >= 0.6 is 174 Å². The van der Waals surface area contributed by atoms with Crippen LogP contribution in [0.5, 0.6) is 0 Å². The highest BCUT2D eigenvalue weighted by molar-refractivity contribution is 6.40. The summed E-state index contributed by atoms with van der Waals surface area (Å²) in [6.45, 7) is 2.04. The molecule has 56 heavy (non-hydrogen) atoms. The van der Waals surface area contributed by atoms with Crippen molar-refractivity contribution in [2.75, 3.05) is 0 Å². The smallest absolute Gasteiger partial charge is 0.0681 e. The zero-order valence-corrected chi connectivity index (χ0v) is 40.5. The fraction of sp³-hybridized carbons (Fsp3) is 1.00. The van der Waals surface area contributed by atoms with Crippen LogP contribution in [0.25, 0.3) is 0 Å². The largest absolute Gasteiger partial charge is 0.286 e. The van der Waals surface area contributed by atoms with E-state index in [-0.39, 0.29) is 76.3 Å². The Hall–Kier alpha value is 4.03. The molecule has 320 valence electrons. The molecule has 0 aromatic carbocycles. The van der Waals surface area contributed by atoms with Crippen LogP contribution < -0.4 is 42.5 Å². The summed E-state index contributed by atoms with van der Waals surface area (Å²) in [6, 6.07) is 0. The lowest BCUT2D eigenvalue weighted by molar-refractivity contribution is 0.163. The minimum Gasteiger partial charge on any atom is -0.286 e. The van der Waals surface area contributed by atoms with Crippen molar-refractivity contribution < 1.29 is 0 Å². The Balaban J connectivity index is 1.15. The van der Waals surface area contributed by atoms with Gasteiger partial charge in [-0.3, -0.25) is 42.5 Å². The fourth-order valence-electron chi connectivity index (χ4n) is 12.0. The third-order valence-corrected chi connectivity index (χ3v) is 24.6. The molecule has 8 bridgehead atoms. The number of rotatable bonds is 0. The van der Waals surface area contributed by atoms with Gasteiger partial charge in [0.15, 0.2) is 0 Å². The molecule has 0 aromatic heterocycles. The quantitative estimate of drug-likeness (QED) is 0.138. The standard InChI is InChI=1S/C33H43Cl15N8/c1-2-11(34)3-4(13(36)12(2)35)27-49-26(3)50-28-5-6(15(38)21(44)20(43)14(5)37)30(52-28)54-32-9-10(19(42)25(48)24(47)18(9)41)33(56-32)55-31-8-7(29(51-27)53-31)16(39)22(45)23(46)17(8)40/h2-33,49-56H,1H3. The van der Waals surface area contributed by atoms with Crippen molar-refractivity contribution in [1.82, 2.24) is 42.5 Å². The van der Waals surface area contributed by atoms with Gasteiger partial charge in [0.2, 0.25) is 0 Å². The van der Waals surface area contributed by atoms with Gasteiger partial charge in [-0.1, -0.05) is 6.92 Å². The normalized spacial score (nSPS) is 66.0. The number of alkyl halides is 15. The molecular formula is C33H43Cl15N8. The summed E-state index contributed by atoms with van der Waals surface area (Å²) in [4.78, 5) is 0. The van der Waals surface area contributed by atoms with E-state index in [1.807, 2.05) is 6.92 Å². The van der Waals surface area contributed by atoms with Crippen LogP contribution in [0.1, 0.15) is 6.92 Å². The van der Waals surface area contributed by atoms with Gasteiger partial charge >= 0.3 is 0 Å². The van der Waals surface area contributed by atoms with Gasteiger partial charge in [0, 0.05) is 52.7 Å². The molecule has 0 spiro atoms.